The average Bonchev–Trinajstić information content (AvgIpc) is 2.63. The van der Waals surface area contributed by atoms with Gasteiger partial charge >= 0.3 is 0 Å². The van der Waals surface area contributed by atoms with Crippen molar-refractivity contribution in [1.29, 1.82) is 0 Å². The second-order valence-corrected chi connectivity index (χ2v) is 5.60. The van der Waals surface area contributed by atoms with Crippen molar-refractivity contribution in [2.45, 2.75) is 6.54 Å². The Morgan fingerprint density at radius 3 is 3.07 bits per heavy atom. The van der Waals surface area contributed by atoms with Gasteiger partial charge in [0.15, 0.2) is 5.15 Å². The van der Waals surface area contributed by atoms with E-state index in [2.05, 4.69) is 37.7 Å². The Morgan fingerprint density at radius 1 is 1.53 bits per heavy atom. The minimum atomic E-state index is 0.506. The quantitative estimate of drug-likeness (QED) is 0.861. The van der Waals surface area contributed by atoms with Crippen molar-refractivity contribution in [1.82, 2.24) is 4.98 Å². The maximum absolute atomic E-state index is 5.92. The SMILES string of the molecule is Clc1ncccc1NCc1csc(Br)c1. The number of nitrogens with one attached hydrogen (secondary N) is 1. The molecule has 0 aliphatic rings. The molecule has 2 heterocycles. The number of hydrogen-bond donors (Lipinski definition) is 1. The van der Waals surface area contributed by atoms with Crippen molar-refractivity contribution in [3.05, 3.63) is 44.3 Å². The van der Waals surface area contributed by atoms with Crippen LogP contribution < -0.4 is 5.32 Å². The Labute approximate surface area is 105 Å². The molecule has 0 bridgehead atoms. The van der Waals surface area contributed by atoms with E-state index in [1.54, 1.807) is 17.5 Å². The van der Waals surface area contributed by atoms with Gasteiger partial charge in [-0.25, -0.2) is 4.98 Å². The van der Waals surface area contributed by atoms with Crippen LogP contribution in [0.15, 0.2) is 33.6 Å². The van der Waals surface area contributed by atoms with E-state index in [0.717, 1.165) is 16.0 Å². The monoisotopic (exact) mass is 302 g/mol. The predicted molar refractivity (Wildman–Crippen MR) is 68.6 cm³/mol. The molecular weight excluding hydrogens is 296 g/mol. The Hall–Kier alpha value is -0.580. The molecule has 0 atom stereocenters. The third-order valence-corrected chi connectivity index (χ3v) is 3.72. The molecule has 1 N–H and O–H groups in total. The van der Waals surface area contributed by atoms with Crippen LogP contribution in [0.5, 0.6) is 0 Å². The molecule has 78 valence electrons. The normalized spacial score (nSPS) is 10.3. The van der Waals surface area contributed by atoms with E-state index >= 15 is 0 Å². The summed E-state index contributed by atoms with van der Waals surface area (Å²) in [4.78, 5) is 3.99. The summed E-state index contributed by atoms with van der Waals surface area (Å²) in [6, 6.07) is 5.86. The van der Waals surface area contributed by atoms with Gasteiger partial charge in [-0.1, -0.05) is 11.6 Å². The van der Waals surface area contributed by atoms with Gasteiger partial charge in [0.2, 0.25) is 0 Å². The number of thiophene rings is 1. The molecule has 0 aliphatic heterocycles. The van der Waals surface area contributed by atoms with Crippen molar-refractivity contribution >= 4 is 44.6 Å². The molecule has 0 aromatic carbocycles. The van der Waals surface area contributed by atoms with Crippen LogP contribution >= 0.6 is 38.9 Å². The fourth-order valence-corrected chi connectivity index (χ4v) is 2.55. The largest absolute Gasteiger partial charge is 0.378 e. The smallest absolute Gasteiger partial charge is 0.152 e. The summed E-state index contributed by atoms with van der Waals surface area (Å²) < 4.78 is 1.14. The van der Waals surface area contributed by atoms with Gasteiger partial charge in [0.1, 0.15) is 0 Å². The van der Waals surface area contributed by atoms with Crippen molar-refractivity contribution in [3.63, 3.8) is 0 Å². The fraction of sp³-hybridized carbons (Fsp3) is 0.100. The average molecular weight is 304 g/mol. The highest BCUT2D eigenvalue weighted by Crippen LogP contribution is 2.23. The molecule has 2 aromatic rings. The van der Waals surface area contributed by atoms with Crippen LogP contribution in [-0.2, 0) is 6.54 Å². The molecule has 0 fully saturated rings. The summed E-state index contributed by atoms with van der Waals surface area (Å²) >= 11 is 11.0. The van der Waals surface area contributed by atoms with Gasteiger partial charge in [-0.05, 0) is 45.1 Å². The predicted octanol–water partition coefficient (Wildman–Crippen LogP) is 4.17. The van der Waals surface area contributed by atoms with Gasteiger partial charge in [0, 0.05) is 12.7 Å². The Bertz CT molecular complexity index is 458. The van der Waals surface area contributed by atoms with Gasteiger partial charge in [0.05, 0.1) is 9.47 Å². The first kappa shape index (κ1) is 10.9. The first-order chi connectivity index (χ1) is 7.25. The van der Waals surface area contributed by atoms with Crippen LogP contribution in [0.1, 0.15) is 5.56 Å². The number of aromatic nitrogens is 1. The molecule has 2 rings (SSSR count). The number of halogens is 2. The van der Waals surface area contributed by atoms with Gasteiger partial charge in [-0.3, -0.25) is 0 Å². The molecule has 2 nitrogen and oxygen atoms in total. The van der Waals surface area contributed by atoms with E-state index in [1.807, 2.05) is 12.1 Å². The first-order valence-corrected chi connectivity index (χ1v) is 6.38. The van der Waals surface area contributed by atoms with Gasteiger partial charge < -0.3 is 5.32 Å². The molecule has 0 aliphatic carbocycles. The lowest BCUT2D eigenvalue weighted by Crippen LogP contribution is -1.99. The highest BCUT2D eigenvalue weighted by Gasteiger charge is 2.00. The van der Waals surface area contributed by atoms with Crippen molar-refractivity contribution in [3.8, 4) is 0 Å². The van der Waals surface area contributed by atoms with Crippen LogP contribution in [0.2, 0.25) is 5.15 Å². The Kier molecular flexibility index (Phi) is 3.61. The topological polar surface area (TPSA) is 24.9 Å². The van der Waals surface area contributed by atoms with E-state index in [0.29, 0.717) is 5.15 Å². The van der Waals surface area contributed by atoms with Crippen molar-refractivity contribution < 1.29 is 0 Å². The zero-order chi connectivity index (χ0) is 10.7. The Balaban J connectivity index is 2.02. The maximum atomic E-state index is 5.92. The van der Waals surface area contributed by atoms with Gasteiger partial charge in [-0.15, -0.1) is 11.3 Å². The summed E-state index contributed by atoms with van der Waals surface area (Å²) in [5.41, 5.74) is 2.09. The number of nitrogens with zero attached hydrogens (tertiary/aromatic N) is 1. The molecular formula is C10H8BrClN2S. The molecule has 5 heteroatoms. The standard InChI is InChI=1S/C10H8BrClN2S/c11-9-4-7(6-15-9)5-14-8-2-1-3-13-10(8)12/h1-4,6,14H,5H2. The minimum absolute atomic E-state index is 0.506. The third kappa shape index (κ3) is 2.93. The molecule has 2 aromatic heterocycles. The number of hydrogen-bond acceptors (Lipinski definition) is 3. The van der Waals surface area contributed by atoms with Crippen LogP contribution in [-0.4, -0.2) is 4.98 Å². The highest BCUT2D eigenvalue weighted by atomic mass is 79.9. The summed E-state index contributed by atoms with van der Waals surface area (Å²) in [5.74, 6) is 0. The minimum Gasteiger partial charge on any atom is -0.378 e. The molecule has 0 amide bonds. The molecule has 0 saturated carbocycles. The van der Waals surface area contributed by atoms with E-state index in [-0.39, 0.29) is 0 Å². The van der Waals surface area contributed by atoms with E-state index in [4.69, 9.17) is 11.6 Å². The molecule has 0 saturated heterocycles. The zero-order valence-electron chi connectivity index (χ0n) is 7.71. The fourth-order valence-electron chi connectivity index (χ4n) is 1.15. The lowest BCUT2D eigenvalue weighted by atomic mass is 10.3. The lowest BCUT2D eigenvalue weighted by molar-refractivity contribution is 1.15. The van der Waals surface area contributed by atoms with E-state index in [9.17, 15) is 0 Å². The van der Waals surface area contributed by atoms with Gasteiger partial charge in [-0.2, -0.15) is 0 Å². The third-order valence-electron chi connectivity index (χ3n) is 1.86. The van der Waals surface area contributed by atoms with Gasteiger partial charge in [0.25, 0.3) is 0 Å². The van der Waals surface area contributed by atoms with Crippen LogP contribution in [0, 0.1) is 0 Å². The number of anilines is 1. The van der Waals surface area contributed by atoms with Crippen molar-refractivity contribution in [2.75, 3.05) is 5.32 Å². The van der Waals surface area contributed by atoms with Crippen LogP contribution in [0.4, 0.5) is 5.69 Å². The first-order valence-electron chi connectivity index (χ1n) is 4.33. The molecule has 15 heavy (non-hydrogen) atoms. The summed E-state index contributed by atoms with van der Waals surface area (Å²) in [6.45, 7) is 0.757. The summed E-state index contributed by atoms with van der Waals surface area (Å²) in [6.07, 6.45) is 1.68. The Morgan fingerprint density at radius 2 is 2.40 bits per heavy atom. The van der Waals surface area contributed by atoms with Crippen LogP contribution in [0.25, 0.3) is 0 Å². The molecule has 0 radical (unpaired) electrons. The van der Waals surface area contributed by atoms with Crippen molar-refractivity contribution in [2.24, 2.45) is 0 Å². The lowest BCUT2D eigenvalue weighted by Gasteiger charge is -2.05. The maximum Gasteiger partial charge on any atom is 0.152 e. The van der Waals surface area contributed by atoms with E-state index in [1.165, 1.54) is 5.56 Å². The molecule has 0 spiro atoms. The van der Waals surface area contributed by atoms with Crippen LogP contribution in [0.3, 0.4) is 0 Å². The zero-order valence-corrected chi connectivity index (χ0v) is 10.9. The summed E-state index contributed by atoms with van der Waals surface area (Å²) in [7, 11) is 0. The molecule has 0 unspecified atom stereocenters. The second-order valence-electron chi connectivity index (χ2n) is 2.95. The summed E-state index contributed by atoms with van der Waals surface area (Å²) in [5, 5.41) is 5.84. The highest BCUT2D eigenvalue weighted by molar-refractivity contribution is 9.11. The van der Waals surface area contributed by atoms with E-state index < -0.39 is 0 Å². The number of pyridine rings is 1. The number of rotatable bonds is 3. The second kappa shape index (κ2) is 4.96.